The maximum absolute atomic E-state index is 12.7. The molecule has 0 aliphatic rings. The van der Waals surface area contributed by atoms with E-state index in [4.69, 9.17) is 0 Å². The minimum Gasteiger partial charge on any atom is -0.370 e. The highest BCUT2D eigenvalue weighted by Gasteiger charge is 2.14. The fourth-order valence-corrected chi connectivity index (χ4v) is 3.32. The molecule has 2 aromatic heterocycles. The van der Waals surface area contributed by atoms with Gasteiger partial charge in [0.05, 0.1) is 11.3 Å². The predicted octanol–water partition coefficient (Wildman–Crippen LogP) is 3.62. The van der Waals surface area contributed by atoms with Gasteiger partial charge in [-0.25, -0.2) is 9.78 Å². The van der Waals surface area contributed by atoms with Crippen LogP contribution in [0.1, 0.15) is 36.7 Å². The lowest BCUT2D eigenvalue weighted by molar-refractivity contribution is 0.0954. The minimum atomic E-state index is -0.298. The standard InChI is InChI=1S/C26H33N7O2/c1-4-28-24-22(25(34)30-15-14-29-18(2)3)11-12-23(33-24)20-7-9-21(10-8-20)32-26(35)31-17-19-6-5-13-27-16-19/h5-13,16,18,29H,4,14-15,17H2,1-3H3,(H,28,33)(H,30,34)(H2,31,32,35). The molecule has 3 aromatic rings. The molecule has 9 heteroatoms. The van der Waals surface area contributed by atoms with Crippen molar-refractivity contribution in [3.8, 4) is 11.3 Å². The summed E-state index contributed by atoms with van der Waals surface area (Å²) in [5.41, 5.74) is 3.69. The van der Waals surface area contributed by atoms with Gasteiger partial charge in [-0.3, -0.25) is 9.78 Å². The van der Waals surface area contributed by atoms with E-state index in [9.17, 15) is 9.59 Å². The van der Waals surface area contributed by atoms with Crippen LogP contribution in [0.4, 0.5) is 16.3 Å². The summed E-state index contributed by atoms with van der Waals surface area (Å²) in [4.78, 5) is 33.5. The van der Waals surface area contributed by atoms with E-state index in [0.717, 1.165) is 16.8 Å². The zero-order valence-electron chi connectivity index (χ0n) is 20.4. The van der Waals surface area contributed by atoms with Gasteiger partial charge < -0.3 is 26.6 Å². The second kappa shape index (κ2) is 13.0. The largest absolute Gasteiger partial charge is 0.370 e. The summed E-state index contributed by atoms with van der Waals surface area (Å²) in [5.74, 6) is 0.374. The van der Waals surface area contributed by atoms with Gasteiger partial charge in [0.2, 0.25) is 0 Å². The van der Waals surface area contributed by atoms with Crippen LogP contribution >= 0.6 is 0 Å². The molecule has 5 N–H and O–H groups in total. The first-order valence-corrected chi connectivity index (χ1v) is 11.8. The van der Waals surface area contributed by atoms with Gasteiger partial charge in [0.15, 0.2) is 0 Å². The number of nitrogens with zero attached hydrogens (tertiary/aromatic N) is 2. The summed E-state index contributed by atoms with van der Waals surface area (Å²) >= 11 is 0. The molecular weight excluding hydrogens is 442 g/mol. The Morgan fingerprint density at radius 1 is 0.971 bits per heavy atom. The third kappa shape index (κ3) is 8.08. The van der Waals surface area contributed by atoms with Gasteiger partial charge in [0, 0.05) is 55.9 Å². The van der Waals surface area contributed by atoms with Crippen LogP contribution in [0, 0.1) is 0 Å². The molecule has 0 unspecified atom stereocenters. The van der Waals surface area contributed by atoms with Crippen molar-refractivity contribution in [1.82, 2.24) is 25.9 Å². The van der Waals surface area contributed by atoms with Crippen molar-refractivity contribution >= 4 is 23.4 Å². The number of hydrogen-bond donors (Lipinski definition) is 5. The number of carbonyl (C=O) groups is 2. The van der Waals surface area contributed by atoms with Crippen LogP contribution in [0.15, 0.2) is 60.9 Å². The summed E-state index contributed by atoms with van der Waals surface area (Å²) in [5, 5.41) is 15.0. The number of pyridine rings is 2. The Morgan fingerprint density at radius 2 is 1.77 bits per heavy atom. The Balaban J connectivity index is 1.61. The molecule has 3 rings (SSSR count). The Kier molecular flexibility index (Phi) is 9.56. The van der Waals surface area contributed by atoms with Crippen molar-refractivity contribution in [2.75, 3.05) is 30.3 Å². The van der Waals surface area contributed by atoms with Crippen molar-refractivity contribution in [2.45, 2.75) is 33.4 Å². The molecule has 9 nitrogen and oxygen atoms in total. The second-order valence-corrected chi connectivity index (χ2v) is 8.23. The van der Waals surface area contributed by atoms with E-state index < -0.39 is 0 Å². The minimum absolute atomic E-state index is 0.164. The molecule has 3 amide bonds. The third-order valence-corrected chi connectivity index (χ3v) is 5.06. The van der Waals surface area contributed by atoms with E-state index in [1.165, 1.54) is 0 Å². The number of amides is 3. The lowest BCUT2D eigenvalue weighted by Gasteiger charge is -2.13. The lowest BCUT2D eigenvalue weighted by atomic mass is 10.1. The first-order valence-electron chi connectivity index (χ1n) is 11.8. The summed E-state index contributed by atoms with van der Waals surface area (Å²) in [6.45, 7) is 8.36. The van der Waals surface area contributed by atoms with Crippen LogP contribution < -0.4 is 26.6 Å². The molecule has 0 saturated carbocycles. The van der Waals surface area contributed by atoms with Gasteiger partial charge in [-0.05, 0) is 42.8 Å². The molecule has 0 aliphatic carbocycles. The highest BCUT2D eigenvalue weighted by Crippen LogP contribution is 2.23. The molecule has 0 saturated heterocycles. The Morgan fingerprint density at radius 3 is 2.46 bits per heavy atom. The molecule has 1 aromatic carbocycles. The molecule has 2 heterocycles. The number of nitrogens with one attached hydrogen (secondary N) is 5. The van der Waals surface area contributed by atoms with Gasteiger partial charge in [0.25, 0.3) is 5.91 Å². The normalized spacial score (nSPS) is 10.6. The maximum atomic E-state index is 12.7. The first kappa shape index (κ1) is 25.6. The summed E-state index contributed by atoms with van der Waals surface area (Å²) < 4.78 is 0. The van der Waals surface area contributed by atoms with E-state index in [2.05, 4.69) is 50.4 Å². The molecule has 35 heavy (non-hydrogen) atoms. The third-order valence-electron chi connectivity index (χ3n) is 5.06. The summed E-state index contributed by atoms with van der Waals surface area (Å²) in [6.07, 6.45) is 3.40. The van der Waals surface area contributed by atoms with Crippen LogP contribution in [0.25, 0.3) is 11.3 Å². The summed E-state index contributed by atoms with van der Waals surface area (Å²) in [7, 11) is 0. The van der Waals surface area contributed by atoms with Crippen molar-refractivity contribution in [2.24, 2.45) is 0 Å². The fraction of sp³-hybridized carbons (Fsp3) is 0.308. The Bertz CT molecular complexity index is 1100. The fourth-order valence-electron chi connectivity index (χ4n) is 3.32. The second-order valence-electron chi connectivity index (χ2n) is 8.23. The molecule has 0 bridgehead atoms. The molecular formula is C26H33N7O2. The number of aromatic nitrogens is 2. The Hall–Kier alpha value is -3.98. The number of anilines is 2. The smallest absolute Gasteiger partial charge is 0.319 e. The number of benzene rings is 1. The van der Waals surface area contributed by atoms with Crippen molar-refractivity contribution in [3.63, 3.8) is 0 Å². The van der Waals surface area contributed by atoms with E-state index >= 15 is 0 Å². The molecule has 0 aliphatic heterocycles. The van der Waals surface area contributed by atoms with Crippen molar-refractivity contribution in [1.29, 1.82) is 0 Å². The zero-order chi connectivity index (χ0) is 25.0. The monoisotopic (exact) mass is 475 g/mol. The van der Waals surface area contributed by atoms with Crippen molar-refractivity contribution < 1.29 is 9.59 Å². The van der Waals surface area contributed by atoms with Crippen LogP contribution in [0.5, 0.6) is 0 Å². The summed E-state index contributed by atoms with van der Waals surface area (Å²) in [6, 6.07) is 14.8. The van der Waals surface area contributed by atoms with Crippen LogP contribution in [-0.4, -0.2) is 47.6 Å². The highest BCUT2D eigenvalue weighted by molar-refractivity contribution is 5.99. The van der Waals surface area contributed by atoms with Gasteiger partial charge in [-0.2, -0.15) is 0 Å². The average molecular weight is 476 g/mol. The van der Waals surface area contributed by atoms with Gasteiger partial charge in [0.1, 0.15) is 5.82 Å². The SMILES string of the molecule is CCNc1nc(-c2ccc(NC(=O)NCc3cccnc3)cc2)ccc1C(=O)NCCNC(C)C. The number of rotatable bonds is 11. The van der Waals surface area contributed by atoms with Crippen LogP contribution in [0.3, 0.4) is 0 Å². The predicted molar refractivity (Wildman–Crippen MR) is 139 cm³/mol. The lowest BCUT2D eigenvalue weighted by Crippen LogP contribution is -2.35. The topological polar surface area (TPSA) is 120 Å². The molecule has 0 atom stereocenters. The van der Waals surface area contributed by atoms with Gasteiger partial charge in [-0.15, -0.1) is 0 Å². The maximum Gasteiger partial charge on any atom is 0.319 e. The quantitative estimate of drug-likeness (QED) is 0.270. The van der Waals surface area contributed by atoms with E-state index in [1.807, 2.05) is 49.4 Å². The van der Waals surface area contributed by atoms with E-state index in [0.29, 0.717) is 49.3 Å². The van der Waals surface area contributed by atoms with Crippen LogP contribution in [-0.2, 0) is 6.54 Å². The molecule has 0 fully saturated rings. The molecule has 184 valence electrons. The first-order chi connectivity index (χ1) is 17.0. The highest BCUT2D eigenvalue weighted by atomic mass is 16.2. The average Bonchev–Trinajstić information content (AvgIpc) is 2.86. The van der Waals surface area contributed by atoms with E-state index in [-0.39, 0.29) is 11.9 Å². The van der Waals surface area contributed by atoms with E-state index in [1.54, 1.807) is 18.5 Å². The Labute approximate surface area is 206 Å². The molecule has 0 spiro atoms. The number of carbonyl (C=O) groups excluding carboxylic acids is 2. The number of hydrogen-bond acceptors (Lipinski definition) is 6. The number of urea groups is 1. The van der Waals surface area contributed by atoms with Crippen molar-refractivity contribution in [3.05, 3.63) is 72.1 Å². The van der Waals surface area contributed by atoms with Gasteiger partial charge >= 0.3 is 6.03 Å². The zero-order valence-corrected chi connectivity index (χ0v) is 20.4. The van der Waals surface area contributed by atoms with Gasteiger partial charge in [-0.1, -0.05) is 32.0 Å². The van der Waals surface area contributed by atoms with Crippen LogP contribution in [0.2, 0.25) is 0 Å². The molecule has 0 radical (unpaired) electrons.